The predicted molar refractivity (Wildman–Crippen MR) is 40.2 cm³/mol. The third-order valence-corrected chi connectivity index (χ3v) is 1.43. The van der Waals surface area contributed by atoms with Crippen molar-refractivity contribution >= 4 is 5.82 Å². The molecule has 0 aliphatic carbocycles. The fourth-order valence-corrected chi connectivity index (χ4v) is 0.774. The van der Waals surface area contributed by atoms with Gasteiger partial charge < -0.3 is 10.5 Å². The predicted octanol–water partition coefficient (Wildman–Crippen LogP) is 1.69. The van der Waals surface area contributed by atoms with Crippen molar-refractivity contribution in [1.82, 2.24) is 4.98 Å². The summed E-state index contributed by atoms with van der Waals surface area (Å²) in [6.45, 7) is 0. The number of nitrogens with two attached hydrogens (primary N) is 1. The van der Waals surface area contributed by atoms with E-state index in [1.165, 1.54) is 7.11 Å². The number of methoxy groups -OCH3 is 1. The highest BCUT2D eigenvalue weighted by Crippen LogP contribution is 2.32. The quantitative estimate of drug-likeness (QED) is 0.736. The van der Waals surface area contributed by atoms with E-state index in [2.05, 4.69) is 9.72 Å². The number of aromatic nitrogens is 1. The van der Waals surface area contributed by atoms with Crippen molar-refractivity contribution in [2.24, 2.45) is 0 Å². The summed E-state index contributed by atoms with van der Waals surface area (Å²) < 4.78 is 40.9. The van der Waals surface area contributed by atoms with Crippen molar-refractivity contribution in [3.05, 3.63) is 17.8 Å². The molecule has 1 rings (SSSR count). The van der Waals surface area contributed by atoms with Crippen molar-refractivity contribution in [3.63, 3.8) is 0 Å². The first-order chi connectivity index (χ1) is 5.95. The summed E-state index contributed by atoms with van der Waals surface area (Å²) in [5, 5.41) is 0. The molecule has 0 bridgehead atoms. The standard InChI is InChI=1S/C7H7F3N2O/c1-13-5-2-4(7(8,9)10)3-12-6(5)11/h2-3H,1H3,(H2,11,12). The van der Waals surface area contributed by atoms with E-state index in [9.17, 15) is 13.2 Å². The van der Waals surface area contributed by atoms with Crippen molar-refractivity contribution in [1.29, 1.82) is 0 Å². The van der Waals surface area contributed by atoms with Crippen LogP contribution in [0, 0.1) is 0 Å². The summed E-state index contributed by atoms with van der Waals surface area (Å²) >= 11 is 0. The zero-order chi connectivity index (χ0) is 10.1. The largest absolute Gasteiger partial charge is 0.493 e. The minimum absolute atomic E-state index is 0.0597. The molecule has 0 amide bonds. The Morgan fingerprint density at radius 1 is 1.46 bits per heavy atom. The lowest BCUT2D eigenvalue weighted by Gasteiger charge is -2.08. The average Bonchev–Trinajstić information content (AvgIpc) is 2.03. The van der Waals surface area contributed by atoms with Crippen LogP contribution in [0.2, 0.25) is 0 Å². The van der Waals surface area contributed by atoms with E-state index in [0.717, 1.165) is 6.07 Å². The second kappa shape index (κ2) is 3.12. The molecule has 0 saturated carbocycles. The summed E-state index contributed by atoms with van der Waals surface area (Å²) in [7, 11) is 1.23. The van der Waals surface area contributed by atoms with E-state index in [1.54, 1.807) is 0 Å². The second-order valence-corrected chi connectivity index (χ2v) is 2.31. The van der Waals surface area contributed by atoms with Crippen LogP contribution in [0.1, 0.15) is 5.56 Å². The van der Waals surface area contributed by atoms with Gasteiger partial charge in [-0.1, -0.05) is 0 Å². The van der Waals surface area contributed by atoms with Gasteiger partial charge in [0.1, 0.15) is 0 Å². The normalized spacial score (nSPS) is 11.4. The highest BCUT2D eigenvalue weighted by molar-refractivity contribution is 5.47. The van der Waals surface area contributed by atoms with Crippen molar-refractivity contribution in [3.8, 4) is 5.75 Å². The minimum atomic E-state index is -4.42. The molecule has 1 heterocycles. The molecule has 0 radical (unpaired) electrons. The van der Waals surface area contributed by atoms with Crippen LogP contribution in [0.4, 0.5) is 19.0 Å². The Hall–Kier alpha value is -1.46. The van der Waals surface area contributed by atoms with Gasteiger partial charge in [-0.25, -0.2) is 4.98 Å². The molecule has 0 aliphatic heterocycles. The third-order valence-electron chi connectivity index (χ3n) is 1.43. The van der Waals surface area contributed by atoms with Gasteiger partial charge in [0.2, 0.25) is 0 Å². The van der Waals surface area contributed by atoms with Crippen molar-refractivity contribution in [2.45, 2.75) is 6.18 Å². The molecule has 6 heteroatoms. The summed E-state index contributed by atoms with van der Waals surface area (Å²) in [4.78, 5) is 3.35. The van der Waals surface area contributed by atoms with Crippen LogP contribution in [0.5, 0.6) is 5.75 Å². The number of halogens is 3. The van der Waals surface area contributed by atoms with Gasteiger partial charge in [-0.15, -0.1) is 0 Å². The van der Waals surface area contributed by atoms with Crippen molar-refractivity contribution in [2.75, 3.05) is 12.8 Å². The molecule has 13 heavy (non-hydrogen) atoms. The topological polar surface area (TPSA) is 48.1 Å². The van der Waals surface area contributed by atoms with Gasteiger partial charge in [-0.2, -0.15) is 13.2 Å². The van der Waals surface area contributed by atoms with Crippen molar-refractivity contribution < 1.29 is 17.9 Å². The Kier molecular flexibility index (Phi) is 2.31. The molecular formula is C7H7F3N2O. The maximum Gasteiger partial charge on any atom is 0.418 e. The Morgan fingerprint density at radius 2 is 2.08 bits per heavy atom. The monoisotopic (exact) mass is 192 g/mol. The molecule has 0 fully saturated rings. The number of nitrogen functional groups attached to an aromatic ring is 1. The fraction of sp³-hybridized carbons (Fsp3) is 0.286. The SMILES string of the molecule is COc1cc(C(F)(F)F)cnc1N. The molecule has 0 saturated heterocycles. The molecule has 0 spiro atoms. The van der Waals surface area contributed by atoms with E-state index < -0.39 is 11.7 Å². The van der Waals surface area contributed by atoms with Gasteiger partial charge in [0, 0.05) is 6.20 Å². The number of anilines is 1. The van der Waals surface area contributed by atoms with Gasteiger partial charge in [0.25, 0.3) is 0 Å². The van der Waals surface area contributed by atoms with E-state index in [4.69, 9.17) is 5.73 Å². The third kappa shape index (κ3) is 2.01. The first kappa shape index (κ1) is 9.63. The number of hydrogen-bond donors (Lipinski definition) is 1. The molecule has 0 aromatic carbocycles. The fourth-order valence-electron chi connectivity index (χ4n) is 0.774. The maximum absolute atomic E-state index is 12.1. The van der Waals surface area contributed by atoms with Crippen LogP contribution in [0.25, 0.3) is 0 Å². The smallest absolute Gasteiger partial charge is 0.418 e. The van der Waals surface area contributed by atoms with Gasteiger partial charge in [0.05, 0.1) is 12.7 Å². The Labute approximate surface area is 72.3 Å². The lowest BCUT2D eigenvalue weighted by Crippen LogP contribution is -2.07. The number of hydrogen-bond acceptors (Lipinski definition) is 3. The number of rotatable bonds is 1. The first-order valence-corrected chi connectivity index (χ1v) is 3.32. The minimum Gasteiger partial charge on any atom is -0.493 e. The number of ether oxygens (including phenoxy) is 1. The lowest BCUT2D eigenvalue weighted by molar-refractivity contribution is -0.137. The second-order valence-electron chi connectivity index (χ2n) is 2.31. The molecule has 1 aromatic rings. The van der Waals surface area contributed by atoms with Crippen LogP contribution in [-0.2, 0) is 6.18 Å². The first-order valence-electron chi connectivity index (χ1n) is 3.32. The molecule has 72 valence electrons. The molecular weight excluding hydrogens is 185 g/mol. The number of nitrogens with zero attached hydrogens (tertiary/aromatic N) is 1. The maximum atomic E-state index is 12.1. The van der Waals surface area contributed by atoms with Gasteiger partial charge in [-0.3, -0.25) is 0 Å². The summed E-state index contributed by atoms with van der Waals surface area (Å²) in [6, 6.07) is 0.808. The average molecular weight is 192 g/mol. The van der Waals surface area contributed by atoms with Gasteiger partial charge in [0.15, 0.2) is 11.6 Å². The summed E-state index contributed by atoms with van der Waals surface area (Å²) in [6.07, 6.45) is -3.76. The molecule has 0 unspecified atom stereocenters. The van der Waals surface area contributed by atoms with E-state index >= 15 is 0 Å². The number of pyridine rings is 1. The van der Waals surface area contributed by atoms with E-state index in [0.29, 0.717) is 6.20 Å². The summed E-state index contributed by atoms with van der Waals surface area (Å²) in [5.41, 5.74) is 4.36. The van der Waals surface area contributed by atoms with Crippen LogP contribution < -0.4 is 10.5 Å². The summed E-state index contributed by atoms with van der Waals surface area (Å²) in [5.74, 6) is -0.134. The number of alkyl halides is 3. The Bertz CT molecular complexity index is 311. The van der Waals surface area contributed by atoms with Crippen LogP contribution in [-0.4, -0.2) is 12.1 Å². The highest BCUT2D eigenvalue weighted by atomic mass is 19.4. The van der Waals surface area contributed by atoms with Gasteiger partial charge in [-0.05, 0) is 6.07 Å². The Morgan fingerprint density at radius 3 is 2.54 bits per heavy atom. The Balaban J connectivity index is 3.14. The molecule has 0 aliphatic rings. The van der Waals surface area contributed by atoms with Crippen LogP contribution in [0.3, 0.4) is 0 Å². The molecule has 3 nitrogen and oxygen atoms in total. The highest BCUT2D eigenvalue weighted by Gasteiger charge is 2.31. The van der Waals surface area contributed by atoms with Crippen LogP contribution in [0.15, 0.2) is 12.3 Å². The lowest BCUT2D eigenvalue weighted by atomic mass is 10.2. The molecule has 2 N–H and O–H groups in total. The zero-order valence-corrected chi connectivity index (χ0v) is 6.72. The van der Waals surface area contributed by atoms with E-state index in [1.807, 2.05) is 0 Å². The van der Waals surface area contributed by atoms with E-state index in [-0.39, 0.29) is 11.6 Å². The molecule has 1 aromatic heterocycles. The molecule has 0 atom stereocenters. The van der Waals surface area contributed by atoms with Crippen LogP contribution >= 0.6 is 0 Å². The zero-order valence-electron chi connectivity index (χ0n) is 6.72. The van der Waals surface area contributed by atoms with Gasteiger partial charge >= 0.3 is 6.18 Å².